The number of aromatic nitrogens is 1. The summed E-state index contributed by atoms with van der Waals surface area (Å²) in [5, 5.41) is 0.498. The zero-order chi connectivity index (χ0) is 16.4. The average molecular weight is 343 g/mol. The maximum Gasteiger partial charge on any atom is 0.387 e. The number of rotatable bonds is 6. The third kappa shape index (κ3) is 3.80. The number of fused-ring (bicyclic) bond motifs is 1. The van der Waals surface area contributed by atoms with Gasteiger partial charge in [-0.15, -0.1) is 11.3 Å². The van der Waals surface area contributed by atoms with Gasteiger partial charge in [0, 0.05) is 35.8 Å². The second-order valence-corrected chi connectivity index (χ2v) is 6.18. The molecule has 6 nitrogen and oxygen atoms in total. The molecule has 1 aromatic carbocycles. The molecule has 9 heteroatoms. The van der Waals surface area contributed by atoms with Crippen molar-refractivity contribution in [1.82, 2.24) is 9.88 Å². The molecule has 1 aliphatic rings. The minimum atomic E-state index is -2.90. The monoisotopic (exact) mass is 343 g/mol. The number of alkyl halides is 2. The number of hydrogen-bond donors (Lipinski definition) is 1. The van der Waals surface area contributed by atoms with Gasteiger partial charge in [0.25, 0.3) is 0 Å². The molecule has 0 radical (unpaired) electrons. The van der Waals surface area contributed by atoms with Crippen LogP contribution in [0.1, 0.15) is 10.4 Å². The van der Waals surface area contributed by atoms with Crippen LogP contribution >= 0.6 is 11.3 Å². The molecule has 3 rings (SSSR count). The van der Waals surface area contributed by atoms with Crippen molar-refractivity contribution < 1.29 is 23.0 Å². The van der Waals surface area contributed by atoms with Gasteiger partial charge in [-0.1, -0.05) is 0 Å². The summed E-state index contributed by atoms with van der Waals surface area (Å²) in [6, 6.07) is 3.10. The zero-order valence-electron chi connectivity index (χ0n) is 12.3. The second kappa shape index (κ2) is 6.55. The fourth-order valence-electron chi connectivity index (χ4n) is 2.30. The summed E-state index contributed by atoms with van der Waals surface area (Å²) < 4.78 is 40.3. The number of thiazole rings is 1. The summed E-state index contributed by atoms with van der Waals surface area (Å²) in [5.74, 6) is 1.01. The molecule has 1 aromatic heterocycles. The van der Waals surface area contributed by atoms with Crippen molar-refractivity contribution in [3.63, 3.8) is 0 Å². The van der Waals surface area contributed by atoms with Gasteiger partial charge in [0.2, 0.25) is 6.79 Å². The molecule has 1 aliphatic heterocycles. The van der Waals surface area contributed by atoms with Crippen LogP contribution in [0.25, 0.3) is 0 Å². The van der Waals surface area contributed by atoms with Gasteiger partial charge in [0.05, 0.1) is 0 Å². The molecule has 0 unspecified atom stereocenters. The van der Waals surface area contributed by atoms with Gasteiger partial charge in [-0.2, -0.15) is 8.78 Å². The second-order valence-electron chi connectivity index (χ2n) is 5.03. The van der Waals surface area contributed by atoms with E-state index in [9.17, 15) is 8.78 Å². The van der Waals surface area contributed by atoms with E-state index in [0.29, 0.717) is 35.3 Å². The third-order valence-electron chi connectivity index (χ3n) is 3.21. The van der Waals surface area contributed by atoms with Crippen LogP contribution in [-0.4, -0.2) is 30.3 Å². The zero-order valence-corrected chi connectivity index (χ0v) is 13.1. The summed E-state index contributed by atoms with van der Waals surface area (Å²) in [6.07, 6.45) is 1.70. The Bertz CT molecular complexity index is 696. The first-order valence-electron chi connectivity index (χ1n) is 6.77. The standard InChI is InChI=1S/C14H15F2N3O3S/c1-19(6-9-4-18-14(17)23-9)5-8-2-11-12(21-7-20-11)3-10(8)22-13(15)16/h2-4,13H,5-7H2,1H3,(H2,17,18). The molecular formula is C14H15F2N3O3S. The van der Waals surface area contributed by atoms with Crippen molar-refractivity contribution >= 4 is 16.5 Å². The van der Waals surface area contributed by atoms with Gasteiger partial charge < -0.3 is 19.9 Å². The first-order valence-corrected chi connectivity index (χ1v) is 7.59. The Morgan fingerprint density at radius 3 is 2.74 bits per heavy atom. The van der Waals surface area contributed by atoms with E-state index in [1.807, 2.05) is 11.9 Å². The summed E-state index contributed by atoms with van der Waals surface area (Å²) in [4.78, 5) is 6.93. The van der Waals surface area contributed by atoms with E-state index < -0.39 is 6.61 Å². The molecule has 0 amide bonds. The van der Waals surface area contributed by atoms with Crippen LogP contribution in [0.3, 0.4) is 0 Å². The van der Waals surface area contributed by atoms with Crippen LogP contribution in [0.5, 0.6) is 17.2 Å². The topological polar surface area (TPSA) is 69.8 Å². The Kier molecular flexibility index (Phi) is 4.49. The Morgan fingerprint density at radius 2 is 2.09 bits per heavy atom. The maximum absolute atomic E-state index is 12.6. The Labute approximate surface area is 135 Å². The van der Waals surface area contributed by atoms with Crippen molar-refractivity contribution in [2.45, 2.75) is 19.7 Å². The first kappa shape index (κ1) is 15.8. The van der Waals surface area contributed by atoms with E-state index in [1.54, 1.807) is 12.3 Å². The predicted molar refractivity (Wildman–Crippen MR) is 80.9 cm³/mol. The number of nitrogens with zero attached hydrogens (tertiary/aromatic N) is 2. The molecule has 23 heavy (non-hydrogen) atoms. The van der Waals surface area contributed by atoms with E-state index in [4.69, 9.17) is 15.2 Å². The van der Waals surface area contributed by atoms with E-state index >= 15 is 0 Å². The molecule has 0 fully saturated rings. The smallest absolute Gasteiger partial charge is 0.387 e. The third-order valence-corrected chi connectivity index (χ3v) is 4.02. The maximum atomic E-state index is 12.6. The summed E-state index contributed by atoms with van der Waals surface area (Å²) >= 11 is 1.39. The highest BCUT2D eigenvalue weighted by atomic mass is 32.1. The lowest BCUT2D eigenvalue weighted by atomic mass is 10.1. The van der Waals surface area contributed by atoms with Crippen LogP contribution in [0.4, 0.5) is 13.9 Å². The molecule has 0 saturated heterocycles. The van der Waals surface area contributed by atoms with Gasteiger partial charge in [-0.25, -0.2) is 4.98 Å². The highest BCUT2D eigenvalue weighted by Crippen LogP contribution is 2.39. The van der Waals surface area contributed by atoms with E-state index in [2.05, 4.69) is 9.72 Å². The largest absolute Gasteiger partial charge is 0.454 e. The molecule has 2 N–H and O–H groups in total. The lowest BCUT2D eigenvalue weighted by molar-refractivity contribution is -0.0508. The minimum absolute atomic E-state index is 0.0723. The van der Waals surface area contributed by atoms with Crippen LogP contribution in [-0.2, 0) is 13.1 Å². The fraction of sp³-hybridized carbons (Fsp3) is 0.357. The highest BCUT2D eigenvalue weighted by Gasteiger charge is 2.21. The number of nitrogen functional groups attached to an aromatic ring is 1. The van der Waals surface area contributed by atoms with Gasteiger partial charge >= 0.3 is 6.61 Å². The number of hydrogen-bond acceptors (Lipinski definition) is 7. The van der Waals surface area contributed by atoms with E-state index in [1.165, 1.54) is 17.4 Å². The van der Waals surface area contributed by atoms with Crippen LogP contribution in [0, 0.1) is 0 Å². The lowest BCUT2D eigenvalue weighted by Crippen LogP contribution is -2.17. The minimum Gasteiger partial charge on any atom is -0.454 e. The summed E-state index contributed by atoms with van der Waals surface area (Å²) in [7, 11) is 1.87. The Hall–Kier alpha value is -2.13. The normalized spacial score (nSPS) is 13.1. The van der Waals surface area contributed by atoms with Crippen LogP contribution in [0.15, 0.2) is 18.3 Å². The molecule has 0 aliphatic carbocycles. The molecule has 0 saturated carbocycles. The number of anilines is 1. The average Bonchev–Trinajstić information content (AvgIpc) is 3.07. The Morgan fingerprint density at radius 1 is 1.35 bits per heavy atom. The Balaban J connectivity index is 1.77. The van der Waals surface area contributed by atoms with Crippen molar-refractivity contribution in [3.05, 3.63) is 28.8 Å². The van der Waals surface area contributed by atoms with Gasteiger partial charge in [-0.05, 0) is 13.1 Å². The quantitative estimate of drug-likeness (QED) is 0.870. The molecule has 0 bridgehead atoms. The van der Waals surface area contributed by atoms with Gasteiger partial charge in [0.1, 0.15) is 5.75 Å². The van der Waals surface area contributed by atoms with E-state index in [-0.39, 0.29) is 12.5 Å². The number of ether oxygens (including phenoxy) is 3. The summed E-state index contributed by atoms with van der Waals surface area (Å²) in [6.45, 7) is -1.84. The molecule has 124 valence electrons. The van der Waals surface area contributed by atoms with Crippen LogP contribution in [0.2, 0.25) is 0 Å². The van der Waals surface area contributed by atoms with Crippen molar-refractivity contribution in [2.75, 3.05) is 19.6 Å². The van der Waals surface area contributed by atoms with Gasteiger partial charge in [-0.3, -0.25) is 4.90 Å². The molecular weight excluding hydrogens is 328 g/mol. The van der Waals surface area contributed by atoms with E-state index in [0.717, 1.165) is 4.88 Å². The fourth-order valence-corrected chi connectivity index (χ4v) is 3.07. The van der Waals surface area contributed by atoms with Crippen molar-refractivity contribution in [1.29, 1.82) is 0 Å². The molecule has 0 spiro atoms. The predicted octanol–water partition coefficient (Wildman–Crippen LogP) is 2.69. The lowest BCUT2D eigenvalue weighted by Gasteiger charge is -2.18. The SMILES string of the molecule is CN(Cc1cnc(N)s1)Cc1cc2c(cc1OC(F)F)OCO2. The number of halogens is 2. The molecule has 2 aromatic rings. The van der Waals surface area contributed by atoms with Crippen LogP contribution < -0.4 is 19.9 Å². The summed E-state index contributed by atoms with van der Waals surface area (Å²) in [5.41, 5.74) is 6.19. The number of benzene rings is 1. The molecule has 2 heterocycles. The highest BCUT2D eigenvalue weighted by molar-refractivity contribution is 7.15. The number of nitrogens with two attached hydrogens (primary N) is 1. The van der Waals surface area contributed by atoms with Crippen molar-refractivity contribution in [3.8, 4) is 17.2 Å². The van der Waals surface area contributed by atoms with Crippen molar-refractivity contribution in [2.24, 2.45) is 0 Å². The van der Waals surface area contributed by atoms with Gasteiger partial charge in [0.15, 0.2) is 16.6 Å². The molecule has 0 atom stereocenters. The first-order chi connectivity index (χ1) is 11.0.